The molecule has 0 spiro atoms. The van der Waals surface area contributed by atoms with E-state index in [0.717, 1.165) is 4.80 Å². The molecule has 60 valence electrons. The van der Waals surface area contributed by atoms with E-state index in [1.54, 1.807) is 6.92 Å². The first-order valence-corrected chi connectivity index (χ1v) is 3.07. The summed E-state index contributed by atoms with van der Waals surface area (Å²) in [5, 5.41) is 13.1. The molecular weight excluding hydrogens is 150 g/mol. The van der Waals surface area contributed by atoms with Gasteiger partial charge < -0.3 is 4.74 Å². The number of hydrogen-bond donors (Lipinski definition) is 0. The minimum absolute atomic E-state index is 0.0408. The van der Waals surface area contributed by atoms with Crippen molar-refractivity contribution < 1.29 is 9.53 Å². The molecule has 1 aromatic rings. The quantitative estimate of drug-likeness (QED) is 0.503. The van der Waals surface area contributed by atoms with Crippen molar-refractivity contribution in [3.8, 4) is 0 Å². The van der Waals surface area contributed by atoms with E-state index in [2.05, 4.69) is 25.6 Å². The van der Waals surface area contributed by atoms with Gasteiger partial charge in [-0.2, -0.15) is 0 Å². The Balaban J connectivity index is 2.37. The fourth-order valence-electron chi connectivity index (χ4n) is 0.531. The van der Waals surface area contributed by atoms with Crippen LogP contribution in [-0.4, -0.2) is 38.2 Å². The van der Waals surface area contributed by atoms with Crippen LogP contribution in [0.25, 0.3) is 0 Å². The van der Waals surface area contributed by atoms with E-state index in [0.29, 0.717) is 6.61 Å². The van der Waals surface area contributed by atoms with E-state index in [-0.39, 0.29) is 6.54 Å². The highest BCUT2D eigenvalue weighted by molar-refractivity contribution is 5.68. The standard InChI is InChI=1S/C4H7N5O2/c1-2-11-4(10)3-9-7-5-6-8-9/h2-3H2,1H3. The first-order valence-electron chi connectivity index (χ1n) is 3.07. The van der Waals surface area contributed by atoms with Crippen LogP contribution in [0.1, 0.15) is 6.92 Å². The predicted octanol–water partition coefficient (Wildman–Crippen LogP) is -1.37. The van der Waals surface area contributed by atoms with Crippen molar-refractivity contribution in [3.05, 3.63) is 0 Å². The van der Waals surface area contributed by atoms with Gasteiger partial charge in [0.2, 0.25) is 0 Å². The summed E-state index contributed by atoms with van der Waals surface area (Å²) in [6, 6.07) is 0. The Morgan fingerprint density at radius 3 is 2.64 bits per heavy atom. The van der Waals surface area contributed by atoms with E-state index in [9.17, 15) is 4.79 Å². The van der Waals surface area contributed by atoms with E-state index >= 15 is 0 Å². The lowest BCUT2D eigenvalue weighted by Gasteiger charge is -1.97. The highest BCUT2D eigenvalue weighted by Gasteiger charge is 2.03. The highest BCUT2D eigenvalue weighted by Crippen LogP contribution is 1.80. The van der Waals surface area contributed by atoms with Crippen molar-refractivity contribution in [2.75, 3.05) is 6.61 Å². The summed E-state index contributed by atoms with van der Waals surface area (Å²) in [5.41, 5.74) is 0. The average molecular weight is 157 g/mol. The second-order valence-corrected chi connectivity index (χ2v) is 1.69. The van der Waals surface area contributed by atoms with E-state index in [1.165, 1.54) is 0 Å². The normalized spacial score (nSPS) is 9.55. The van der Waals surface area contributed by atoms with Gasteiger partial charge in [0.05, 0.1) is 6.61 Å². The topological polar surface area (TPSA) is 82.8 Å². The third kappa shape index (κ3) is 2.28. The van der Waals surface area contributed by atoms with Crippen molar-refractivity contribution in [1.29, 1.82) is 0 Å². The van der Waals surface area contributed by atoms with Gasteiger partial charge in [-0.25, -0.2) is 4.79 Å². The van der Waals surface area contributed by atoms with Crippen LogP contribution in [0.4, 0.5) is 0 Å². The molecule has 7 heteroatoms. The number of hydrogen-bond acceptors (Lipinski definition) is 6. The number of carbonyl (C=O) groups is 1. The molecule has 11 heavy (non-hydrogen) atoms. The molecule has 0 fully saturated rings. The van der Waals surface area contributed by atoms with Crippen LogP contribution < -0.4 is 0 Å². The summed E-state index contributed by atoms with van der Waals surface area (Å²) in [7, 11) is 0. The van der Waals surface area contributed by atoms with Gasteiger partial charge in [-0.05, 0) is 27.8 Å². The maximum atomic E-state index is 10.7. The molecule has 0 aliphatic carbocycles. The third-order valence-corrected chi connectivity index (χ3v) is 0.902. The molecule has 0 aromatic carbocycles. The monoisotopic (exact) mass is 157 g/mol. The molecule has 1 heterocycles. The molecule has 0 unspecified atom stereocenters. The minimum atomic E-state index is -0.396. The Hall–Kier alpha value is -1.53. The Kier molecular flexibility index (Phi) is 2.47. The second kappa shape index (κ2) is 3.59. The van der Waals surface area contributed by atoms with E-state index in [1.807, 2.05) is 0 Å². The molecule has 0 saturated carbocycles. The summed E-state index contributed by atoms with van der Waals surface area (Å²) in [5.74, 6) is -0.396. The molecule has 1 rings (SSSR count). The molecule has 0 aliphatic rings. The van der Waals surface area contributed by atoms with E-state index < -0.39 is 5.97 Å². The van der Waals surface area contributed by atoms with Crippen LogP contribution in [0.5, 0.6) is 0 Å². The zero-order valence-corrected chi connectivity index (χ0v) is 5.97. The molecule has 0 N–H and O–H groups in total. The zero-order valence-electron chi connectivity index (χ0n) is 5.97. The maximum absolute atomic E-state index is 10.7. The molecule has 0 saturated heterocycles. The van der Waals surface area contributed by atoms with Crippen LogP contribution in [-0.2, 0) is 16.1 Å². The lowest BCUT2D eigenvalue weighted by Crippen LogP contribution is -2.15. The third-order valence-electron chi connectivity index (χ3n) is 0.902. The zero-order chi connectivity index (χ0) is 8.10. The van der Waals surface area contributed by atoms with Crippen molar-refractivity contribution in [2.24, 2.45) is 0 Å². The molecule has 0 bridgehead atoms. The molecule has 1 aromatic heterocycles. The van der Waals surface area contributed by atoms with Gasteiger partial charge in [0.1, 0.15) is 0 Å². The lowest BCUT2D eigenvalue weighted by molar-refractivity contribution is -0.144. The number of rotatable bonds is 3. The lowest BCUT2D eigenvalue weighted by atomic mass is 10.7. The van der Waals surface area contributed by atoms with Crippen molar-refractivity contribution in [2.45, 2.75) is 13.5 Å². The Labute approximate surface area is 62.3 Å². The van der Waals surface area contributed by atoms with Gasteiger partial charge in [0, 0.05) is 0 Å². The summed E-state index contributed by atoms with van der Waals surface area (Å²) >= 11 is 0. The molecule has 0 radical (unpaired) electrons. The number of aromatic nitrogens is 5. The summed E-state index contributed by atoms with van der Waals surface area (Å²) in [6.07, 6.45) is 0. The fraction of sp³-hybridized carbons (Fsp3) is 0.750. The van der Waals surface area contributed by atoms with Gasteiger partial charge in [-0.1, -0.05) is 0 Å². The number of esters is 1. The van der Waals surface area contributed by atoms with Crippen molar-refractivity contribution >= 4 is 5.97 Å². The van der Waals surface area contributed by atoms with Crippen LogP contribution in [0.15, 0.2) is 0 Å². The summed E-state index contributed by atoms with van der Waals surface area (Å²) < 4.78 is 4.62. The first-order chi connectivity index (χ1) is 5.33. The van der Waals surface area contributed by atoms with Gasteiger partial charge in [0.25, 0.3) is 0 Å². The van der Waals surface area contributed by atoms with Crippen molar-refractivity contribution in [1.82, 2.24) is 25.7 Å². The minimum Gasteiger partial charge on any atom is -0.465 e. The molecule has 0 amide bonds. The highest BCUT2D eigenvalue weighted by atomic mass is 16.5. The van der Waals surface area contributed by atoms with Crippen molar-refractivity contribution in [3.63, 3.8) is 0 Å². The second-order valence-electron chi connectivity index (χ2n) is 1.69. The first kappa shape index (κ1) is 7.58. The number of nitrogens with zero attached hydrogens (tertiary/aromatic N) is 5. The predicted molar refractivity (Wildman–Crippen MR) is 32.2 cm³/mol. The fourth-order valence-corrected chi connectivity index (χ4v) is 0.531. The summed E-state index contributed by atoms with van der Waals surface area (Å²) in [4.78, 5) is 11.8. The average Bonchev–Trinajstić information content (AvgIpc) is 2.40. The number of carbonyl (C=O) groups excluding carboxylic acids is 1. The Bertz CT molecular complexity index is 220. The largest absolute Gasteiger partial charge is 0.465 e. The maximum Gasteiger partial charge on any atom is 0.329 e. The molecule has 0 aliphatic heterocycles. The Morgan fingerprint density at radius 2 is 2.09 bits per heavy atom. The van der Waals surface area contributed by atoms with Crippen LogP contribution in [0.2, 0.25) is 0 Å². The molecule has 0 atom stereocenters. The van der Waals surface area contributed by atoms with Gasteiger partial charge >= 0.3 is 5.97 Å². The van der Waals surface area contributed by atoms with Gasteiger partial charge in [0.15, 0.2) is 6.54 Å². The molecule has 7 nitrogen and oxygen atoms in total. The SMILES string of the molecule is CCOC(=O)Cn1nnnn1. The van der Waals surface area contributed by atoms with Crippen LogP contribution in [0.3, 0.4) is 0 Å². The van der Waals surface area contributed by atoms with Gasteiger partial charge in [-0.15, -0.1) is 4.80 Å². The summed E-state index contributed by atoms with van der Waals surface area (Å²) in [6.45, 7) is 2.03. The van der Waals surface area contributed by atoms with Crippen LogP contribution >= 0.6 is 0 Å². The van der Waals surface area contributed by atoms with Gasteiger partial charge in [-0.3, -0.25) is 0 Å². The molecular formula is C4H7N5O2. The Morgan fingerprint density at radius 1 is 1.45 bits per heavy atom. The number of ether oxygens (including phenoxy) is 1. The van der Waals surface area contributed by atoms with Crippen LogP contribution in [0, 0.1) is 0 Å². The van der Waals surface area contributed by atoms with E-state index in [4.69, 9.17) is 0 Å². The smallest absolute Gasteiger partial charge is 0.329 e.